The van der Waals surface area contributed by atoms with Gasteiger partial charge in [-0.15, -0.1) is 10.2 Å². The molecule has 0 amide bonds. The lowest BCUT2D eigenvalue weighted by Gasteiger charge is -2.02. The van der Waals surface area contributed by atoms with E-state index in [1.54, 1.807) is 23.0 Å². The van der Waals surface area contributed by atoms with Gasteiger partial charge in [-0.1, -0.05) is 17.7 Å². The molecule has 0 fully saturated rings. The van der Waals surface area contributed by atoms with E-state index >= 15 is 0 Å². The highest BCUT2D eigenvalue weighted by Gasteiger charge is 2.01. The zero-order chi connectivity index (χ0) is 9.26. The summed E-state index contributed by atoms with van der Waals surface area (Å²) in [5, 5.41) is 8.00. The third-order valence-electron chi connectivity index (χ3n) is 1.66. The van der Waals surface area contributed by atoms with E-state index < -0.39 is 0 Å². The van der Waals surface area contributed by atoms with Gasteiger partial charge in [-0.25, -0.2) is 0 Å². The summed E-state index contributed by atoms with van der Waals surface area (Å²) in [6, 6.07) is 7.32. The summed E-state index contributed by atoms with van der Waals surface area (Å²) in [6.45, 7) is 0. The lowest BCUT2D eigenvalue weighted by Crippen LogP contribution is -1.99. The number of benzene rings is 1. The first-order chi connectivity index (χ1) is 6.27. The summed E-state index contributed by atoms with van der Waals surface area (Å²) in [5.74, 6) is 0.349. The lowest BCUT2D eigenvalue weighted by atomic mass is 10.3. The number of halogens is 1. The van der Waals surface area contributed by atoms with E-state index in [1.165, 1.54) is 0 Å². The van der Waals surface area contributed by atoms with Gasteiger partial charge in [0.05, 0.1) is 5.69 Å². The SMILES string of the molecule is Nc1nncn1-c1cccc(Cl)c1. The molecule has 0 aliphatic carbocycles. The van der Waals surface area contributed by atoms with Crippen molar-refractivity contribution in [2.24, 2.45) is 0 Å². The van der Waals surface area contributed by atoms with Gasteiger partial charge in [-0.2, -0.15) is 0 Å². The largest absolute Gasteiger partial charge is 0.368 e. The number of nitrogens with two attached hydrogens (primary N) is 1. The summed E-state index contributed by atoms with van der Waals surface area (Å²) >= 11 is 5.82. The molecule has 0 bridgehead atoms. The zero-order valence-electron chi connectivity index (χ0n) is 6.68. The Bertz CT molecular complexity index is 424. The maximum absolute atomic E-state index is 5.82. The highest BCUT2D eigenvalue weighted by atomic mass is 35.5. The zero-order valence-corrected chi connectivity index (χ0v) is 7.44. The van der Waals surface area contributed by atoms with Crippen molar-refractivity contribution in [1.29, 1.82) is 0 Å². The van der Waals surface area contributed by atoms with Gasteiger partial charge in [0.1, 0.15) is 6.33 Å². The minimum atomic E-state index is 0.349. The van der Waals surface area contributed by atoms with Crippen molar-refractivity contribution in [2.75, 3.05) is 5.73 Å². The van der Waals surface area contributed by atoms with Gasteiger partial charge in [0.2, 0.25) is 5.95 Å². The molecule has 66 valence electrons. The third kappa shape index (κ3) is 1.48. The van der Waals surface area contributed by atoms with Gasteiger partial charge in [0.25, 0.3) is 0 Å². The third-order valence-corrected chi connectivity index (χ3v) is 1.90. The van der Waals surface area contributed by atoms with Crippen LogP contribution in [0, 0.1) is 0 Å². The molecule has 0 aliphatic rings. The van der Waals surface area contributed by atoms with Crippen LogP contribution in [-0.2, 0) is 0 Å². The Morgan fingerprint density at radius 2 is 2.23 bits per heavy atom. The number of anilines is 1. The first-order valence-electron chi connectivity index (χ1n) is 3.69. The van der Waals surface area contributed by atoms with Crippen LogP contribution in [0.5, 0.6) is 0 Å². The topological polar surface area (TPSA) is 56.7 Å². The normalized spacial score (nSPS) is 10.2. The summed E-state index contributed by atoms with van der Waals surface area (Å²) in [5.41, 5.74) is 6.43. The highest BCUT2D eigenvalue weighted by molar-refractivity contribution is 6.30. The average molecular weight is 195 g/mol. The molecule has 1 heterocycles. The van der Waals surface area contributed by atoms with Crippen LogP contribution in [0.4, 0.5) is 5.95 Å². The standard InChI is InChI=1S/C8H7ClN4/c9-6-2-1-3-7(4-6)13-5-11-12-8(13)10/h1-5H,(H2,10,12). The van der Waals surface area contributed by atoms with E-state index in [4.69, 9.17) is 17.3 Å². The molecule has 2 N–H and O–H groups in total. The summed E-state index contributed by atoms with van der Waals surface area (Å²) < 4.78 is 1.66. The molecule has 1 aromatic heterocycles. The van der Waals surface area contributed by atoms with E-state index in [2.05, 4.69) is 10.2 Å². The molecule has 0 aliphatic heterocycles. The number of nitrogen functional groups attached to an aromatic ring is 1. The highest BCUT2D eigenvalue weighted by Crippen LogP contribution is 2.15. The smallest absolute Gasteiger partial charge is 0.226 e. The van der Waals surface area contributed by atoms with Gasteiger partial charge < -0.3 is 5.73 Å². The number of nitrogens with zero attached hydrogens (tertiary/aromatic N) is 3. The minimum Gasteiger partial charge on any atom is -0.368 e. The molecule has 4 nitrogen and oxygen atoms in total. The molecule has 2 rings (SSSR count). The predicted molar refractivity (Wildman–Crippen MR) is 50.8 cm³/mol. The number of aromatic nitrogens is 3. The van der Waals surface area contributed by atoms with Crippen molar-refractivity contribution < 1.29 is 0 Å². The fourth-order valence-electron chi connectivity index (χ4n) is 1.07. The second-order valence-electron chi connectivity index (χ2n) is 2.54. The van der Waals surface area contributed by atoms with Crippen LogP contribution in [0.1, 0.15) is 0 Å². The van der Waals surface area contributed by atoms with E-state index in [0.717, 1.165) is 5.69 Å². The summed E-state index contributed by atoms with van der Waals surface area (Å²) in [4.78, 5) is 0. The predicted octanol–water partition coefficient (Wildman–Crippen LogP) is 1.50. The molecule has 1 aromatic carbocycles. The van der Waals surface area contributed by atoms with Crippen LogP contribution in [0.3, 0.4) is 0 Å². The number of rotatable bonds is 1. The van der Waals surface area contributed by atoms with Crippen molar-refractivity contribution in [3.05, 3.63) is 35.6 Å². The number of hydrogen-bond donors (Lipinski definition) is 1. The van der Waals surface area contributed by atoms with Gasteiger partial charge in [0, 0.05) is 5.02 Å². The molecule has 0 atom stereocenters. The Labute approximate surface area is 80.0 Å². The Balaban J connectivity index is 2.53. The Morgan fingerprint density at radius 1 is 1.38 bits per heavy atom. The summed E-state index contributed by atoms with van der Waals surface area (Å²) in [6.07, 6.45) is 1.54. The quantitative estimate of drug-likeness (QED) is 0.749. The van der Waals surface area contributed by atoms with Gasteiger partial charge in [-0.3, -0.25) is 4.57 Å². The molecule has 0 saturated carbocycles. The van der Waals surface area contributed by atoms with Crippen molar-refractivity contribution in [3.8, 4) is 5.69 Å². The maximum atomic E-state index is 5.82. The molecule has 0 saturated heterocycles. The van der Waals surface area contributed by atoms with E-state index in [1.807, 2.05) is 12.1 Å². The van der Waals surface area contributed by atoms with Crippen molar-refractivity contribution >= 4 is 17.5 Å². The Kier molecular flexibility index (Phi) is 1.90. The van der Waals surface area contributed by atoms with Gasteiger partial charge >= 0.3 is 0 Å². The van der Waals surface area contributed by atoms with Gasteiger partial charge in [0.15, 0.2) is 0 Å². The van der Waals surface area contributed by atoms with Crippen LogP contribution >= 0.6 is 11.6 Å². The van der Waals surface area contributed by atoms with Crippen LogP contribution in [0.2, 0.25) is 5.02 Å². The second-order valence-corrected chi connectivity index (χ2v) is 2.98. The fourth-order valence-corrected chi connectivity index (χ4v) is 1.25. The first-order valence-corrected chi connectivity index (χ1v) is 4.06. The molecule has 0 radical (unpaired) electrons. The lowest BCUT2D eigenvalue weighted by molar-refractivity contribution is 1.07. The van der Waals surface area contributed by atoms with Crippen molar-refractivity contribution in [2.45, 2.75) is 0 Å². The van der Waals surface area contributed by atoms with Crippen LogP contribution in [0.15, 0.2) is 30.6 Å². The first kappa shape index (κ1) is 8.07. The fraction of sp³-hybridized carbons (Fsp3) is 0. The van der Waals surface area contributed by atoms with Crippen LogP contribution in [0.25, 0.3) is 5.69 Å². The summed E-state index contributed by atoms with van der Waals surface area (Å²) in [7, 11) is 0. The van der Waals surface area contributed by atoms with Crippen LogP contribution in [-0.4, -0.2) is 14.8 Å². The Morgan fingerprint density at radius 3 is 2.85 bits per heavy atom. The van der Waals surface area contributed by atoms with E-state index in [0.29, 0.717) is 11.0 Å². The molecular formula is C8H7ClN4. The monoisotopic (exact) mass is 194 g/mol. The number of hydrogen-bond acceptors (Lipinski definition) is 3. The molecule has 5 heteroatoms. The molecular weight excluding hydrogens is 188 g/mol. The molecule has 2 aromatic rings. The molecule has 0 spiro atoms. The minimum absolute atomic E-state index is 0.349. The van der Waals surface area contributed by atoms with Crippen molar-refractivity contribution in [1.82, 2.24) is 14.8 Å². The Hall–Kier alpha value is -1.55. The second kappa shape index (κ2) is 3.06. The van der Waals surface area contributed by atoms with E-state index in [9.17, 15) is 0 Å². The molecule has 0 unspecified atom stereocenters. The van der Waals surface area contributed by atoms with Crippen LogP contribution < -0.4 is 5.73 Å². The van der Waals surface area contributed by atoms with Crippen molar-refractivity contribution in [3.63, 3.8) is 0 Å². The van der Waals surface area contributed by atoms with E-state index in [-0.39, 0.29) is 0 Å². The molecule has 13 heavy (non-hydrogen) atoms. The maximum Gasteiger partial charge on any atom is 0.226 e. The average Bonchev–Trinajstić information content (AvgIpc) is 2.51. The van der Waals surface area contributed by atoms with Gasteiger partial charge in [-0.05, 0) is 18.2 Å².